The van der Waals surface area contributed by atoms with E-state index in [-0.39, 0.29) is 35.9 Å². The lowest BCUT2D eigenvalue weighted by atomic mass is 9.88. The lowest BCUT2D eigenvalue weighted by Gasteiger charge is -2.31. The van der Waals surface area contributed by atoms with Gasteiger partial charge in [0.25, 0.3) is 5.91 Å². The molecule has 0 bridgehead atoms. The molecule has 0 spiro atoms. The van der Waals surface area contributed by atoms with E-state index in [4.69, 9.17) is 4.74 Å². The Morgan fingerprint density at radius 1 is 1.18 bits per heavy atom. The highest BCUT2D eigenvalue weighted by Crippen LogP contribution is 2.35. The molecular formula is C24H29N3O5S. The number of amides is 2. The van der Waals surface area contributed by atoms with Crippen molar-refractivity contribution in [1.29, 1.82) is 0 Å². The number of carbonyl (C=O) groups excluding carboxylic acids is 2. The van der Waals surface area contributed by atoms with E-state index in [0.717, 1.165) is 24.8 Å². The van der Waals surface area contributed by atoms with Crippen molar-refractivity contribution in [2.24, 2.45) is 0 Å². The smallest absolute Gasteiger partial charge is 0.265 e. The van der Waals surface area contributed by atoms with Crippen LogP contribution in [-0.2, 0) is 26.0 Å². The Labute approximate surface area is 194 Å². The zero-order chi connectivity index (χ0) is 23.6. The predicted molar refractivity (Wildman–Crippen MR) is 125 cm³/mol. The molecule has 0 unspecified atom stereocenters. The second-order valence-electron chi connectivity index (χ2n) is 8.20. The fraction of sp³-hybridized carbons (Fsp3) is 0.417. The number of aryl methyl sites for hydroxylation is 1. The molecule has 0 aromatic heterocycles. The summed E-state index contributed by atoms with van der Waals surface area (Å²) in [5.41, 5.74) is 2.63. The summed E-state index contributed by atoms with van der Waals surface area (Å²) in [6.07, 6.45) is 2.80. The molecule has 0 saturated carbocycles. The molecule has 1 aliphatic carbocycles. The first-order valence-electron chi connectivity index (χ1n) is 11.3. The highest BCUT2D eigenvalue weighted by Gasteiger charge is 2.31. The van der Waals surface area contributed by atoms with Gasteiger partial charge in [-0.2, -0.15) is 4.31 Å². The summed E-state index contributed by atoms with van der Waals surface area (Å²) < 4.78 is 32.8. The molecule has 4 rings (SSSR count). The van der Waals surface area contributed by atoms with Gasteiger partial charge >= 0.3 is 0 Å². The Morgan fingerprint density at radius 2 is 1.94 bits per heavy atom. The van der Waals surface area contributed by atoms with Crippen LogP contribution >= 0.6 is 0 Å². The molecule has 2 amide bonds. The molecule has 1 aliphatic heterocycles. The van der Waals surface area contributed by atoms with Gasteiger partial charge in [-0.1, -0.05) is 38.1 Å². The van der Waals surface area contributed by atoms with Crippen LogP contribution in [0.5, 0.6) is 5.75 Å². The summed E-state index contributed by atoms with van der Waals surface area (Å²) in [6, 6.07) is 12.4. The Morgan fingerprint density at radius 3 is 2.70 bits per heavy atom. The average Bonchev–Trinajstić information content (AvgIpc) is 2.81. The van der Waals surface area contributed by atoms with Crippen molar-refractivity contribution < 1.29 is 22.7 Å². The topological polar surface area (TPSA) is 96.0 Å². The van der Waals surface area contributed by atoms with Gasteiger partial charge in [0.1, 0.15) is 12.3 Å². The van der Waals surface area contributed by atoms with Crippen molar-refractivity contribution >= 4 is 27.5 Å². The number of fused-ring (bicyclic) bond motifs is 2. The van der Waals surface area contributed by atoms with Crippen LogP contribution < -0.4 is 15.0 Å². The third-order valence-electron chi connectivity index (χ3n) is 6.22. The van der Waals surface area contributed by atoms with Crippen LogP contribution in [0, 0.1) is 0 Å². The van der Waals surface area contributed by atoms with Crippen molar-refractivity contribution in [3.05, 3.63) is 53.6 Å². The highest BCUT2D eigenvalue weighted by molar-refractivity contribution is 7.89. The molecule has 1 N–H and O–H groups in total. The first kappa shape index (κ1) is 23.3. The molecule has 2 aliphatic rings. The van der Waals surface area contributed by atoms with Gasteiger partial charge in [-0.05, 0) is 48.6 Å². The second kappa shape index (κ2) is 9.52. The number of rotatable bonds is 7. The summed E-state index contributed by atoms with van der Waals surface area (Å²) in [4.78, 5) is 27.0. The molecular weight excluding hydrogens is 442 g/mol. The largest absolute Gasteiger partial charge is 0.482 e. The zero-order valence-electron chi connectivity index (χ0n) is 18.9. The quantitative estimate of drug-likeness (QED) is 0.670. The van der Waals surface area contributed by atoms with Crippen LogP contribution in [0.3, 0.4) is 0 Å². The summed E-state index contributed by atoms with van der Waals surface area (Å²) in [7, 11) is -3.72. The van der Waals surface area contributed by atoms with Crippen LogP contribution in [0.4, 0.5) is 5.69 Å². The summed E-state index contributed by atoms with van der Waals surface area (Å²) in [5.74, 6) is -0.308. The van der Waals surface area contributed by atoms with Crippen LogP contribution in [-0.4, -0.2) is 50.8 Å². The SMILES string of the molecule is CCN(CC)S(=O)(=O)c1ccc2c(c1)N(CC(=O)N[C@@H]1CCCc3ccccc31)C(=O)CO2. The number of ether oxygens (including phenoxy) is 1. The third kappa shape index (κ3) is 4.60. The fourth-order valence-corrected chi connectivity index (χ4v) is 5.99. The average molecular weight is 472 g/mol. The van der Waals surface area contributed by atoms with Crippen LogP contribution in [0.15, 0.2) is 47.4 Å². The summed E-state index contributed by atoms with van der Waals surface area (Å²) in [6.45, 7) is 3.80. The van der Waals surface area contributed by atoms with E-state index >= 15 is 0 Å². The van der Waals surface area contributed by atoms with Gasteiger partial charge in [-0.15, -0.1) is 0 Å². The zero-order valence-corrected chi connectivity index (χ0v) is 19.7. The monoisotopic (exact) mass is 471 g/mol. The van der Waals surface area contributed by atoms with Crippen LogP contribution in [0.25, 0.3) is 0 Å². The molecule has 1 atom stereocenters. The third-order valence-corrected chi connectivity index (χ3v) is 8.27. The van der Waals surface area contributed by atoms with Gasteiger partial charge < -0.3 is 10.1 Å². The molecule has 0 radical (unpaired) electrons. The molecule has 8 nitrogen and oxygen atoms in total. The van der Waals surface area contributed by atoms with Crippen molar-refractivity contribution in [3.63, 3.8) is 0 Å². The van der Waals surface area contributed by atoms with E-state index < -0.39 is 10.0 Å². The Hall–Kier alpha value is -2.91. The Kier molecular flexibility index (Phi) is 6.71. The van der Waals surface area contributed by atoms with E-state index in [2.05, 4.69) is 11.4 Å². The minimum absolute atomic E-state index is 0.0647. The van der Waals surface area contributed by atoms with E-state index in [1.54, 1.807) is 19.9 Å². The van der Waals surface area contributed by atoms with Gasteiger partial charge in [0.2, 0.25) is 15.9 Å². The predicted octanol–water partition coefficient (Wildman–Crippen LogP) is 2.64. The highest BCUT2D eigenvalue weighted by atomic mass is 32.2. The van der Waals surface area contributed by atoms with Gasteiger partial charge in [0.15, 0.2) is 6.61 Å². The maximum absolute atomic E-state index is 13.0. The number of nitrogens with one attached hydrogen (secondary N) is 1. The van der Waals surface area contributed by atoms with Crippen LogP contribution in [0.1, 0.15) is 43.9 Å². The fourth-order valence-electron chi connectivity index (χ4n) is 4.52. The van der Waals surface area contributed by atoms with Crippen molar-refractivity contribution in [2.75, 3.05) is 31.1 Å². The maximum atomic E-state index is 13.0. The normalized spacial score (nSPS) is 17.8. The molecule has 33 heavy (non-hydrogen) atoms. The number of nitrogens with zero attached hydrogens (tertiary/aromatic N) is 2. The lowest BCUT2D eigenvalue weighted by molar-refractivity contribution is -0.125. The molecule has 2 aromatic rings. The van der Waals surface area contributed by atoms with Crippen LogP contribution in [0.2, 0.25) is 0 Å². The van der Waals surface area contributed by atoms with Gasteiger partial charge in [0.05, 0.1) is 16.6 Å². The molecule has 1 heterocycles. The Balaban J connectivity index is 1.57. The number of hydrogen-bond donors (Lipinski definition) is 1. The Bertz CT molecular complexity index is 1160. The summed E-state index contributed by atoms with van der Waals surface area (Å²) >= 11 is 0. The minimum atomic E-state index is -3.72. The van der Waals surface area contributed by atoms with E-state index in [1.807, 2.05) is 18.2 Å². The maximum Gasteiger partial charge on any atom is 0.265 e. The molecule has 0 saturated heterocycles. The first-order valence-corrected chi connectivity index (χ1v) is 12.7. The van der Waals surface area contributed by atoms with Gasteiger partial charge in [-0.25, -0.2) is 8.42 Å². The standard InChI is InChI=1S/C24H29N3O5S/c1-3-26(4-2)33(30,31)18-12-13-22-21(14-18)27(24(29)16-32-22)15-23(28)25-20-11-7-9-17-8-5-6-10-19(17)20/h5-6,8,10,12-14,20H,3-4,7,9,11,15-16H2,1-2H3,(H,25,28)/t20-/m1/s1. The van der Waals surface area contributed by atoms with Gasteiger partial charge in [-0.3, -0.25) is 14.5 Å². The van der Waals surface area contributed by atoms with Crippen molar-refractivity contribution in [1.82, 2.24) is 9.62 Å². The van der Waals surface area contributed by atoms with Gasteiger partial charge in [0, 0.05) is 13.1 Å². The van der Waals surface area contributed by atoms with E-state index in [0.29, 0.717) is 24.5 Å². The molecule has 176 valence electrons. The minimum Gasteiger partial charge on any atom is -0.482 e. The number of anilines is 1. The van der Waals surface area contributed by atoms with Crippen molar-refractivity contribution in [2.45, 2.75) is 44.0 Å². The van der Waals surface area contributed by atoms with Crippen molar-refractivity contribution in [3.8, 4) is 5.75 Å². The molecule has 2 aromatic carbocycles. The first-order chi connectivity index (χ1) is 15.8. The number of hydrogen-bond acceptors (Lipinski definition) is 5. The molecule has 0 fully saturated rings. The van der Waals surface area contributed by atoms with E-state index in [9.17, 15) is 18.0 Å². The number of benzene rings is 2. The lowest BCUT2D eigenvalue weighted by Crippen LogP contribution is -2.46. The summed E-state index contributed by atoms with van der Waals surface area (Å²) in [5, 5.41) is 3.05. The number of carbonyl (C=O) groups is 2. The number of sulfonamides is 1. The van der Waals surface area contributed by atoms with E-state index in [1.165, 1.54) is 26.9 Å². The molecule has 9 heteroatoms. The second-order valence-corrected chi connectivity index (χ2v) is 10.1.